The van der Waals surface area contributed by atoms with Crippen molar-refractivity contribution in [3.63, 3.8) is 0 Å². The van der Waals surface area contributed by atoms with Crippen molar-refractivity contribution in [2.75, 3.05) is 6.54 Å². The Morgan fingerprint density at radius 3 is 2.53 bits per heavy atom. The first-order valence-corrected chi connectivity index (χ1v) is 5.33. The predicted molar refractivity (Wildman–Crippen MR) is 64.6 cm³/mol. The third-order valence-electron chi connectivity index (χ3n) is 2.33. The summed E-state index contributed by atoms with van der Waals surface area (Å²) in [5, 5.41) is 11.0. The van der Waals surface area contributed by atoms with E-state index in [2.05, 4.69) is 5.32 Å². The number of hydrogen-bond donors (Lipinski definition) is 2. The van der Waals surface area contributed by atoms with Crippen LogP contribution in [-0.4, -0.2) is 23.5 Å². The Labute approximate surface area is 100.0 Å². The van der Waals surface area contributed by atoms with Crippen LogP contribution in [0.1, 0.15) is 18.4 Å². The van der Waals surface area contributed by atoms with E-state index in [0.717, 1.165) is 17.7 Å². The molecule has 0 heterocycles. The molecule has 0 aliphatic heterocycles. The Morgan fingerprint density at radius 2 is 1.94 bits per heavy atom. The zero-order valence-electron chi connectivity index (χ0n) is 9.59. The van der Waals surface area contributed by atoms with Crippen LogP contribution in [-0.2, 0) is 9.59 Å². The zero-order chi connectivity index (χ0) is 12.7. The Morgan fingerprint density at radius 1 is 1.29 bits per heavy atom. The van der Waals surface area contributed by atoms with E-state index in [9.17, 15) is 9.59 Å². The van der Waals surface area contributed by atoms with Crippen LogP contribution in [0.2, 0.25) is 0 Å². The summed E-state index contributed by atoms with van der Waals surface area (Å²) in [6.07, 6.45) is 1.84. The molecule has 0 saturated carbocycles. The van der Waals surface area contributed by atoms with Crippen molar-refractivity contribution in [2.45, 2.75) is 12.8 Å². The molecule has 1 amide bonds. The van der Waals surface area contributed by atoms with Crippen LogP contribution in [0.5, 0.6) is 0 Å². The van der Waals surface area contributed by atoms with Crippen LogP contribution in [0.25, 0.3) is 0 Å². The molecule has 0 aliphatic rings. The topological polar surface area (TPSA) is 66.4 Å². The molecule has 4 nitrogen and oxygen atoms in total. The molecular formula is C13H15NO3. The molecule has 1 rings (SSSR count). The molecule has 0 saturated heterocycles. The number of hydrogen-bond acceptors (Lipinski definition) is 2. The number of carbonyl (C=O) groups excluding carboxylic acids is 1. The van der Waals surface area contributed by atoms with Gasteiger partial charge in [0.2, 0.25) is 5.91 Å². The van der Waals surface area contributed by atoms with Gasteiger partial charge in [0, 0.05) is 18.7 Å². The maximum Gasteiger partial charge on any atom is 0.328 e. The minimum absolute atomic E-state index is 0.193. The quantitative estimate of drug-likeness (QED) is 0.758. The predicted octanol–water partition coefficient (Wildman–Crippen LogP) is 1.55. The molecular weight excluding hydrogens is 218 g/mol. The van der Waals surface area contributed by atoms with Crippen LogP contribution < -0.4 is 5.32 Å². The molecule has 1 unspecified atom stereocenters. The first-order chi connectivity index (χ1) is 8.09. The van der Waals surface area contributed by atoms with Gasteiger partial charge in [0.05, 0.1) is 0 Å². The molecule has 0 spiro atoms. The van der Waals surface area contributed by atoms with E-state index in [1.807, 2.05) is 37.3 Å². The minimum atomic E-state index is -1.13. The minimum Gasteiger partial charge on any atom is -0.478 e. The normalized spacial score (nSPS) is 12.3. The van der Waals surface area contributed by atoms with Gasteiger partial charge in [-0.3, -0.25) is 4.79 Å². The first-order valence-electron chi connectivity index (χ1n) is 5.33. The first kappa shape index (κ1) is 13.0. The molecule has 0 aromatic heterocycles. The zero-order valence-corrected chi connectivity index (χ0v) is 9.59. The summed E-state index contributed by atoms with van der Waals surface area (Å²) in [7, 11) is 0. The fourth-order valence-electron chi connectivity index (χ4n) is 1.36. The fourth-order valence-corrected chi connectivity index (χ4v) is 1.36. The molecule has 1 atom stereocenters. The van der Waals surface area contributed by atoms with E-state index in [4.69, 9.17) is 5.11 Å². The van der Waals surface area contributed by atoms with E-state index in [-0.39, 0.29) is 5.92 Å². The summed E-state index contributed by atoms with van der Waals surface area (Å²) < 4.78 is 0. The average Bonchev–Trinajstić information content (AvgIpc) is 2.34. The van der Waals surface area contributed by atoms with Crippen molar-refractivity contribution in [3.05, 3.63) is 48.0 Å². The molecule has 0 bridgehead atoms. The number of carboxylic acids is 1. The van der Waals surface area contributed by atoms with Crippen molar-refractivity contribution in [2.24, 2.45) is 0 Å². The van der Waals surface area contributed by atoms with E-state index < -0.39 is 11.9 Å². The lowest BCUT2D eigenvalue weighted by molar-refractivity contribution is -0.131. The van der Waals surface area contributed by atoms with E-state index in [0.29, 0.717) is 6.54 Å². The Bertz CT molecular complexity index is 412. The lowest BCUT2D eigenvalue weighted by Gasteiger charge is -2.11. The Kier molecular flexibility index (Phi) is 4.94. The molecule has 1 aromatic carbocycles. The molecule has 17 heavy (non-hydrogen) atoms. The van der Waals surface area contributed by atoms with Gasteiger partial charge in [-0.15, -0.1) is 0 Å². The average molecular weight is 233 g/mol. The largest absolute Gasteiger partial charge is 0.478 e. The monoisotopic (exact) mass is 233 g/mol. The SMILES string of the molecule is CC(CNC(=O)/C=C\C(=O)O)c1ccccc1. The van der Waals surface area contributed by atoms with Gasteiger partial charge in [0.25, 0.3) is 0 Å². The number of benzene rings is 1. The van der Waals surface area contributed by atoms with Crippen LogP contribution in [0.3, 0.4) is 0 Å². The standard InChI is InChI=1S/C13H15NO3/c1-10(11-5-3-2-4-6-11)9-14-12(15)7-8-13(16)17/h2-8,10H,9H2,1H3,(H,14,15)(H,16,17)/b8-7-. The summed E-state index contributed by atoms with van der Waals surface area (Å²) in [6.45, 7) is 2.48. The van der Waals surface area contributed by atoms with Crippen molar-refractivity contribution in [1.82, 2.24) is 5.32 Å². The van der Waals surface area contributed by atoms with E-state index in [1.54, 1.807) is 0 Å². The highest BCUT2D eigenvalue weighted by Gasteiger charge is 2.05. The second-order valence-corrected chi connectivity index (χ2v) is 3.73. The highest BCUT2D eigenvalue weighted by Crippen LogP contribution is 2.12. The second-order valence-electron chi connectivity index (χ2n) is 3.73. The van der Waals surface area contributed by atoms with Crippen LogP contribution in [0.15, 0.2) is 42.5 Å². The van der Waals surface area contributed by atoms with Gasteiger partial charge in [-0.1, -0.05) is 37.3 Å². The molecule has 4 heteroatoms. The van der Waals surface area contributed by atoms with Gasteiger partial charge in [-0.25, -0.2) is 4.79 Å². The van der Waals surface area contributed by atoms with Gasteiger partial charge in [-0.2, -0.15) is 0 Å². The Balaban J connectivity index is 2.41. The lowest BCUT2D eigenvalue weighted by atomic mass is 10.0. The van der Waals surface area contributed by atoms with Gasteiger partial charge < -0.3 is 10.4 Å². The molecule has 0 radical (unpaired) electrons. The third-order valence-corrected chi connectivity index (χ3v) is 2.33. The van der Waals surface area contributed by atoms with Crippen LogP contribution in [0.4, 0.5) is 0 Å². The fraction of sp³-hybridized carbons (Fsp3) is 0.231. The molecule has 90 valence electrons. The maximum atomic E-state index is 11.2. The number of nitrogens with one attached hydrogen (secondary N) is 1. The number of carboxylic acid groups (broad SMARTS) is 1. The Hall–Kier alpha value is -2.10. The molecule has 0 aliphatic carbocycles. The van der Waals surface area contributed by atoms with E-state index >= 15 is 0 Å². The van der Waals surface area contributed by atoms with Crippen molar-refractivity contribution >= 4 is 11.9 Å². The van der Waals surface area contributed by atoms with Crippen LogP contribution >= 0.6 is 0 Å². The van der Waals surface area contributed by atoms with Gasteiger partial charge >= 0.3 is 5.97 Å². The van der Waals surface area contributed by atoms with Crippen molar-refractivity contribution in [1.29, 1.82) is 0 Å². The van der Waals surface area contributed by atoms with Crippen molar-refractivity contribution < 1.29 is 14.7 Å². The summed E-state index contributed by atoms with van der Waals surface area (Å²) in [6, 6.07) is 9.80. The highest BCUT2D eigenvalue weighted by molar-refractivity contribution is 5.93. The summed E-state index contributed by atoms with van der Waals surface area (Å²) in [4.78, 5) is 21.4. The van der Waals surface area contributed by atoms with Gasteiger partial charge in [-0.05, 0) is 11.5 Å². The smallest absolute Gasteiger partial charge is 0.328 e. The highest BCUT2D eigenvalue weighted by atomic mass is 16.4. The van der Waals surface area contributed by atoms with E-state index in [1.165, 1.54) is 0 Å². The summed E-state index contributed by atoms with van der Waals surface area (Å²) >= 11 is 0. The van der Waals surface area contributed by atoms with Crippen LogP contribution in [0, 0.1) is 0 Å². The molecule has 0 fully saturated rings. The van der Waals surface area contributed by atoms with Gasteiger partial charge in [0.15, 0.2) is 0 Å². The third kappa shape index (κ3) is 4.97. The number of amides is 1. The number of rotatable bonds is 5. The maximum absolute atomic E-state index is 11.2. The number of carbonyl (C=O) groups is 2. The number of aliphatic carboxylic acids is 1. The summed E-state index contributed by atoms with van der Waals surface area (Å²) in [5.41, 5.74) is 1.13. The van der Waals surface area contributed by atoms with Gasteiger partial charge in [0.1, 0.15) is 0 Å². The molecule has 1 aromatic rings. The van der Waals surface area contributed by atoms with Crippen molar-refractivity contribution in [3.8, 4) is 0 Å². The molecule has 2 N–H and O–H groups in total. The summed E-state index contributed by atoms with van der Waals surface area (Å²) in [5.74, 6) is -1.33. The lowest BCUT2D eigenvalue weighted by Crippen LogP contribution is -2.25. The second kappa shape index (κ2) is 6.48.